The monoisotopic (exact) mass is 301 g/mol. The lowest BCUT2D eigenvalue weighted by Crippen LogP contribution is -2.15. The molecule has 8 heteroatoms. The number of anilines is 2. The summed E-state index contributed by atoms with van der Waals surface area (Å²) in [5.74, 6) is 0.285. The van der Waals surface area contributed by atoms with Gasteiger partial charge < -0.3 is 4.74 Å². The predicted octanol–water partition coefficient (Wildman–Crippen LogP) is 1.46. The van der Waals surface area contributed by atoms with Crippen molar-refractivity contribution in [3.05, 3.63) is 24.3 Å². The second kappa shape index (κ2) is 6.61. The second-order valence-electron chi connectivity index (χ2n) is 4.37. The summed E-state index contributed by atoms with van der Waals surface area (Å²) in [7, 11) is 1.53. The first-order chi connectivity index (χ1) is 10.5. The third kappa shape index (κ3) is 3.75. The van der Waals surface area contributed by atoms with Crippen molar-refractivity contribution in [2.24, 2.45) is 0 Å². The van der Waals surface area contributed by atoms with Crippen LogP contribution in [-0.4, -0.2) is 33.9 Å². The van der Waals surface area contributed by atoms with Gasteiger partial charge in [-0.1, -0.05) is 12.1 Å². The number of carbonyl (C=O) groups is 2. The van der Waals surface area contributed by atoms with Crippen molar-refractivity contribution >= 4 is 23.7 Å². The number of hydrogen-bond acceptors (Lipinski definition) is 6. The molecule has 0 saturated heterocycles. The highest BCUT2D eigenvalue weighted by Gasteiger charge is 2.13. The largest absolute Gasteiger partial charge is 0.496 e. The molecule has 2 rings (SSSR count). The van der Waals surface area contributed by atoms with Crippen molar-refractivity contribution < 1.29 is 14.3 Å². The van der Waals surface area contributed by atoms with Gasteiger partial charge in [0.25, 0.3) is 0 Å². The lowest BCUT2D eigenvalue weighted by molar-refractivity contribution is -0.115. The van der Waals surface area contributed by atoms with Crippen LogP contribution in [0.4, 0.5) is 11.9 Å². The Bertz CT molecular complexity index is 683. The zero-order valence-corrected chi connectivity index (χ0v) is 12.4. The molecule has 2 aromatic rings. The van der Waals surface area contributed by atoms with E-state index in [0.29, 0.717) is 11.3 Å². The van der Waals surface area contributed by atoms with Gasteiger partial charge in [0.15, 0.2) is 5.82 Å². The molecule has 0 bridgehead atoms. The number of para-hydroxylation sites is 1. The minimum absolute atomic E-state index is 0.0483. The van der Waals surface area contributed by atoms with Gasteiger partial charge in [-0.25, -0.2) is 0 Å². The molecule has 0 aliphatic carbocycles. The Labute approximate surface area is 127 Å². The topological polar surface area (TPSA) is 106 Å². The van der Waals surface area contributed by atoms with Crippen LogP contribution in [0.25, 0.3) is 11.4 Å². The minimum atomic E-state index is -0.328. The van der Waals surface area contributed by atoms with E-state index in [1.54, 1.807) is 18.2 Å². The maximum Gasteiger partial charge on any atom is 0.234 e. The van der Waals surface area contributed by atoms with Crippen LogP contribution in [0.3, 0.4) is 0 Å². The summed E-state index contributed by atoms with van der Waals surface area (Å²) in [4.78, 5) is 34.7. The van der Waals surface area contributed by atoms with Gasteiger partial charge in [0.2, 0.25) is 23.7 Å². The highest BCUT2D eigenvalue weighted by atomic mass is 16.5. The molecule has 0 fully saturated rings. The average molecular weight is 301 g/mol. The molecule has 0 saturated carbocycles. The first kappa shape index (κ1) is 15.4. The highest BCUT2D eigenvalue weighted by Crippen LogP contribution is 2.27. The summed E-state index contributed by atoms with van der Waals surface area (Å²) < 4.78 is 5.27. The van der Waals surface area contributed by atoms with Crippen molar-refractivity contribution in [1.82, 2.24) is 15.0 Å². The average Bonchev–Trinajstić information content (AvgIpc) is 2.45. The summed E-state index contributed by atoms with van der Waals surface area (Å²) in [5, 5.41) is 4.95. The molecule has 1 aromatic heterocycles. The molecule has 1 aromatic carbocycles. The van der Waals surface area contributed by atoms with E-state index in [9.17, 15) is 9.59 Å². The van der Waals surface area contributed by atoms with Gasteiger partial charge in [0.1, 0.15) is 5.75 Å². The maximum absolute atomic E-state index is 11.2. The Kier molecular flexibility index (Phi) is 4.62. The lowest BCUT2D eigenvalue weighted by atomic mass is 10.2. The van der Waals surface area contributed by atoms with Crippen molar-refractivity contribution in [3.8, 4) is 17.1 Å². The van der Waals surface area contributed by atoms with E-state index in [4.69, 9.17) is 4.74 Å². The van der Waals surface area contributed by atoms with E-state index in [-0.39, 0.29) is 29.5 Å². The van der Waals surface area contributed by atoms with Gasteiger partial charge in [0, 0.05) is 13.8 Å². The zero-order valence-electron chi connectivity index (χ0n) is 12.4. The van der Waals surface area contributed by atoms with Gasteiger partial charge in [-0.15, -0.1) is 0 Å². The van der Waals surface area contributed by atoms with Crippen molar-refractivity contribution in [1.29, 1.82) is 0 Å². The number of nitrogens with zero attached hydrogens (tertiary/aromatic N) is 3. The Morgan fingerprint density at radius 2 is 1.50 bits per heavy atom. The lowest BCUT2D eigenvalue weighted by Gasteiger charge is -2.10. The molecule has 2 N–H and O–H groups in total. The number of aromatic nitrogens is 3. The van der Waals surface area contributed by atoms with E-state index in [1.165, 1.54) is 21.0 Å². The Morgan fingerprint density at radius 3 is 2.00 bits per heavy atom. The van der Waals surface area contributed by atoms with Crippen LogP contribution in [0.2, 0.25) is 0 Å². The molecule has 0 atom stereocenters. The van der Waals surface area contributed by atoms with Crippen molar-refractivity contribution in [2.75, 3.05) is 17.7 Å². The van der Waals surface area contributed by atoms with E-state index in [0.717, 1.165) is 0 Å². The number of benzene rings is 1. The third-order valence-corrected chi connectivity index (χ3v) is 2.56. The van der Waals surface area contributed by atoms with Crippen LogP contribution in [0.5, 0.6) is 5.75 Å². The van der Waals surface area contributed by atoms with Crippen LogP contribution >= 0.6 is 0 Å². The Morgan fingerprint density at radius 1 is 0.955 bits per heavy atom. The number of amides is 2. The number of carbonyl (C=O) groups excluding carboxylic acids is 2. The quantitative estimate of drug-likeness (QED) is 0.885. The van der Waals surface area contributed by atoms with E-state index in [1.807, 2.05) is 6.07 Å². The van der Waals surface area contributed by atoms with Gasteiger partial charge in [0.05, 0.1) is 12.7 Å². The van der Waals surface area contributed by atoms with Gasteiger partial charge in [-0.05, 0) is 12.1 Å². The van der Waals surface area contributed by atoms with Gasteiger partial charge >= 0.3 is 0 Å². The predicted molar refractivity (Wildman–Crippen MR) is 80.4 cm³/mol. The molecule has 2 amide bonds. The minimum Gasteiger partial charge on any atom is -0.496 e. The fourth-order valence-corrected chi connectivity index (χ4v) is 1.75. The maximum atomic E-state index is 11.2. The van der Waals surface area contributed by atoms with Crippen LogP contribution in [-0.2, 0) is 9.59 Å². The van der Waals surface area contributed by atoms with Crippen molar-refractivity contribution in [2.45, 2.75) is 13.8 Å². The van der Waals surface area contributed by atoms with Crippen LogP contribution in [0.1, 0.15) is 13.8 Å². The summed E-state index contributed by atoms with van der Waals surface area (Å²) in [6.07, 6.45) is 0. The fraction of sp³-hybridized carbons (Fsp3) is 0.214. The SMILES string of the molecule is COc1ccccc1-c1nc(NC(C)=O)nc(NC(C)=O)n1. The molecular formula is C14H15N5O3. The highest BCUT2D eigenvalue weighted by molar-refractivity contribution is 5.89. The molecule has 0 spiro atoms. The number of rotatable bonds is 4. The molecule has 0 aliphatic heterocycles. The standard InChI is InChI=1S/C14H15N5O3/c1-8(20)15-13-17-12(18-14(19-13)16-9(2)21)10-6-4-5-7-11(10)22-3/h4-7H,1-3H3,(H2,15,16,17,18,19,20,21). The van der Waals surface area contributed by atoms with Crippen LogP contribution < -0.4 is 15.4 Å². The van der Waals surface area contributed by atoms with Gasteiger partial charge in [-0.2, -0.15) is 15.0 Å². The van der Waals surface area contributed by atoms with E-state index < -0.39 is 0 Å². The molecule has 1 heterocycles. The first-order valence-corrected chi connectivity index (χ1v) is 6.44. The first-order valence-electron chi connectivity index (χ1n) is 6.44. The fourth-order valence-electron chi connectivity index (χ4n) is 1.75. The summed E-state index contributed by atoms with van der Waals surface area (Å²) in [5.41, 5.74) is 0.616. The smallest absolute Gasteiger partial charge is 0.234 e. The normalized spacial score (nSPS) is 9.95. The molecule has 22 heavy (non-hydrogen) atoms. The second-order valence-corrected chi connectivity index (χ2v) is 4.37. The molecular weight excluding hydrogens is 286 g/mol. The molecule has 0 radical (unpaired) electrons. The Balaban J connectivity index is 2.53. The van der Waals surface area contributed by atoms with E-state index in [2.05, 4.69) is 25.6 Å². The van der Waals surface area contributed by atoms with Gasteiger partial charge in [-0.3, -0.25) is 20.2 Å². The summed E-state index contributed by atoms with van der Waals surface area (Å²) in [6.45, 7) is 2.68. The number of nitrogens with one attached hydrogen (secondary N) is 2. The molecule has 8 nitrogen and oxygen atoms in total. The Hall–Kier alpha value is -3.03. The van der Waals surface area contributed by atoms with Crippen molar-refractivity contribution in [3.63, 3.8) is 0 Å². The van der Waals surface area contributed by atoms with Crippen LogP contribution in [0.15, 0.2) is 24.3 Å². The third-order valence-electron chi connectivity index (χ3n) is 2.56. The number of ether oxygens (including phenoxy) is 1. The van der Waals surface area contributed by atoms with E-state index >= 15 is 0 Å². The number of hydrogen-bond donors (Lipinski definition) is 2. The zero-order chi connectivity index (χ0) is 16.1. The molecule has 0 unspecified atom stereocenters. The molecule has 114 valence electrons. The molecule has 0 aliphatic rings. The number of methoxy groups -OCH3 is 1. The summed E-state index contributed by atoms with van der Waals surface area (Å²) in [6, 6.07) is 7.14. The summed E-state index contributed by atoms with van der Waals surface area (Å²) >= 11 is 0. The van der Waals surface area contributed by atoms with Crippen LogP contribution in [0, 0.1) is 0 Å².